The second-order valence-electron chi connectivity index (χ2n) is 6.60. The number of benzene rings is 2. The largest absolute Gasteiger partial charge is 0.454 e. The number of halogens is 1. The van der Waals surface area contributed by atoms with E-state index in [1.807, 2.05) is 38.1 Å². The van der Waals surface area contributed by atoms with Gasteiger partial charge in [-0.05, 0) is 55.7 Å². The van der Waals surface area contributed by atoms with Crippen molar-refractivity contribution in [1.29, 1.82) is 0 Å². The number of hydrogen-bond acceptors (Lipinski definition) is 4. The number of carbonyl (C=O) groups is 2. The van der Waals surface area contributed by atoms with Crippen LogP contribution in [-0.4, -0.2) is 36.6 Å². The smallest absolute Gasteiger partial charge is 0.244 e. The molecule has 7 heteroatoms. The molecule has 0 fully saturated rings. The number of ether oxygens (including phenoxy) is 2. The second kappa shape index (κ2) is 8.97. The summed E-state index contributed by atoms with van der Waals surface area (Å²) in [5, 5.41) is 3.37. The molecule has 0 radical (unpaired) electrons. The van der Waals surface area contributed by atoms with E-state index >= 15 is 0 Å². The Kier molecular flexibility index (Phi) is 6.41. The fourth-order valence-electron chi connectivity index (χ4n) is 2.97. The van der Waals surface area contributed by atoms with Crippen molar-refractivity contribution in [2.24, 2.45) is 0 Å². The van der Waals surface area contributed by atoms with Gasteiger partial charge < -0.3 is 19.7 Å². The maximum atomic E-state index is 12.6. The van der Waals surface area contributed by atoms with Crippen molar-refractivity contribution >= 4 is 29.1 Å². The van der Waals surface area contributed by atoms with E-state index in [0.717, 1.165) is 16.9 Å². The molecular formula is C21H23ClN2O4. The SMILES string of the molecule is CCN(CC(=O)Nc1cc(Cl)ccc1C)C(=O)CCc1ccc2c(c1)OCO2. The lowest BCUT2D eigenvalue weighted by atomic mass is 10.1. The molecule has 148 valence electrons. The molecule has 0 aromatic heterocycles. The van der Waals surface area contributed by atoms with Crippen molar-refractivity contribution in [2.45, 2.75) is 26.7 Å². The number of likely N-dealkylation sites (N-methyl/N-ethyl adjacent to an activating group) is 1. The lowest BCUT2D eigenvalue weighted by molar-refractivity contribution is -0.134. The van der Waals surface area contributed by atoms with Gasteiger partial charge in [0.1, 0.15) is 0 Å². The molecule has 0 spiro atoms. The molecule has 1 N–H and O–H groups in total. The van der Waals surface area contributed by atoms with E-state index in [2.05, 4.69) is 5.32 Å². The maximum absolute atomic E-state index is 12.6. The van der Waals surface area contributed by atoms with Crippen LogP contribution in [0.25, 0.3) is 0 Å². The van der Waals surface area contributed by atoms with Crippen molar-refractivity contribution in [3.8, 4) is 11.5 Å². The van der Waals surface area contributed by atoms with Crippen molar-refractivity contribution < 1.29 is 19.1 Å². The minimum absolute atomic E-state index is 0.00241. The van der Waals surface area contributed by atoms with Crippen molar-refractivity contribution in [3.63, 3.8) is 0 Å². The zero-order valence-corrected chi connectivity index (χ0v) is 16.7. The van der Waals surface area contributed by atoms with Crippen LogP contribution in [0.2, 0.25) is 5.02 Å². The van der Waals surface area contributed by atoms with Crippen LogP contribution >= 0.6 is 11.6 Å². The quantitative estimate of drug-likeness (QED) is 0.764. The number of rotatable bonds is 7. The summed E-state index contributed by atoms with van der Waals surface area (Å²) < 4.78 is 10.7. The number of aryl methyl sites for hydroxylation is 2. The molecule has 1 heterocycles. The summed E-state index contributed by atoms with van der Waals surface area (Å²) in [7, 11) is 0. The summed E-state index contributed by atoms with van der Waals surface area (Å²) in [4.78, 5) is 26.5. The van der Waals surface area contributed by atoms with Gasteiger partial charge in [-0.3, -0.25) is 9.59 Å². The van der Waals surface area contributed by atoms with Crippen molar-refractivity contribution in [3.05, 3.63) is 52.5 Å². The normalized spacial score (nSPS) is 12.0. The maximum Gasteiger partial charge on any atom is 0.244 e. The molecule has 0 aliphatic carbocycles. The number of nitrogens with zero attached hydrogens (tertiary/aromatic N) is 1. The van der Waals surface area contributed by atoms with Crippen LogP contribution in [0, 0.1) is 6.92 Å². The summed E-state index contributed by atoms with van der Waals surface area (Å²) in [5.74, 6) is 1.11. The van der Waals surface area contributed by atoms with E-state index < -0.39 is 0 Å². The number of hydrogen-bond donors (Lipinski definition) is 1. The highest BCUT2D eigenvalue weighted by molar-refractivity contribution is 6.31. The van der Waals surface area contributed by atoms with E-state index in [9.17, 15) is 9.59 Å². The van der Waals surface area contributed by atoms with E-state index in [1.54, 1.807) is 17.0 Å². The molecule has 28 heavy (non-hydrogen) atoms. The van der Waals surface area contributed by atoms with Crippen LogP contribution in [0.5, 0.6) is 11.5 Å². The van der Waals surface area contributed by atoms with E-state index in [0.29, 0.717) is 35.8 Å². The van der Waals surface area contributed by atoms with Crippen LogP contribution in [0.3, 0.4) is 0 Å². The molecule has 2 amide bonds. The summed E-state index contributed by atoms with van der Waals surface area (Å²) in [6.45, 7) is 4.43. The van der Waals surface area contributed by atoms with E-state index in [-0.39, 0.29) is 25.2 Å². The molecule has 1 aliphatic rings. The minimum atomic E-state index is -0.247. The fraction of sp³-hybridized carbons (Fsp3) is 0.333. The third-order valence-electron chi connectivity index (χ3n) is 4.61. The number of fused-ring (bicyclic) bond motifs is 1. The number of amides is 2. The number of anilines is 1. The average molecular weight is 403 g/mol. The monoisotopic (exact) mass is 402 g/mol. The summed E-state index contributed by atoms with van der Waals surface area (Å²) in [6.07, 6.45) is 0.887. The molecule has 2 aromatic rings. The Hall–Kier alpha value is -2.73. The first-order valence-electron chi connectivity index (χ1n) is 9.18. The van der Waals surface area contributed by atoms with Gasteiger partial charge >= 0.3 is 0 Å². The fourth-order valence-corrected chi connectivity index (χ4v) is 3.15. The Morgan fingerprint density at radius 2 is 1.93 bits per heavy atom. The molecular weight excluding hydrogens is 380 g/mol. The zero-order valence-electron chi connectivity index (χ0n) is 16.0. The second-order valence-corrected chi connectivity index (χ2v) is 7.04. The molecule has 1 aliphatic heterocycles. The number of nitrogens with one attached hydrogen (secondary N) is 1. The highest BCUT2D eigenvalue weighted by Crippen LogP contribution is 2.32. The Morgan fingerprint density at radius 1 is 1.14 bits per heavy atom. The Labute approximate surface area is 169 Å². The average Bonchev–Trinajstić information content (AvgIpc) is 3.15. The van der Waals surface area contributed by atoms with Gasteiger partial charge in [-0.15, -0.1) is 0 Å². The lowest BCUT2D eigenvalue weighted by Crippen LogP contribution is -2.38. The molecule has 6 nitrogen and oxygen atoms in total. The van der Waals surface area contributed by atoms with Crippen LogP contribution < -0.4 is 14.8 Å². The van der Waals surface area contributed by atoms with Gasteiger partial charge in [0.05, 0.1) is 6.54 Å². The minimum Gasteiger partial charge on any atom is -0.454 e. The predicted octanol–water partition coefficient (Wildman–Crippen LogP) is 3.80. The molecule has 0 unspecified atom stereocenters. The molecule has 0 saturated carbocycles. The van der Waals surface area contributed by atoms with Crippen LogP contribution in [0.15, 0.2) is 36.4 Å². The lowest BCUT2D eigenvalue weighted by Gasteiger charge is -2.21. The summed E-state index contributed by atoms with van der Waals surface area (Å²) in [5.41, 5.74) is 2.56. The van der Waals surface area contributed by atoms with E-state index in [1.165, 1.54) is 0 Å². The first kappa shape index (κ1) is 20.0. The van der Waals surface area contributed by atoms with Crippen LogP contribution in [0.4, 0.5) is 5.69 Å². The first-order valence-corrected chi connectivity index (χ1v) is 9.56. The number of carbonyl (C=O) groups excluding carboxylic acids is 2. The zero-order chi connectivity index (χ0) is 20.1. The van der Waals surface area contributed by atoms with E-state index in [4.69, 9.17) is 21.1 Å². The third kappa shape index (κ3) is 4.95. The Balaban J connectivity index is 1.54. The topological polar surface area (TPSA) is 67.9 Å². The first-order chi connectivity index (χ1) is 13.5. The van der Waals surface area contributed by atoms with Gasteiger partial charge in [0.25, 0.3) is 0 Å². The van der Waals surface area contributed by atoms with Crippen molar-refractivity contribution in [1.82, 2.24) is 4.90 Å². The standard InChI is InChI=1S/C21H23ClN2O4/c1-3-24(12-20(25)23-17-11-16(22)7-4-14(17)2)21(26)9-6-15-5-8-18-19(10-15)28-13-27-18/h4-5,7-8,10-11H,3,6,9,12-13H2,1-2H3,(H,23,25). The Morgan fingerprint density at radius 3 is 2.71 bits per heavy atom. The molecule has 0 saturated heterocycles. The molecule has 0 bridgehead atoms. The van der Waals surface area contributed by atoms with Gasteiger partial charge in [-0.25, -0.2) is 0 Å². The van der Waals surface area contributed by atoms with Crippen LogP contribution in [-0.2, 0) is 16.0 Å². The highest BCUT2D eigenvalue weighted by atomic mass is 35.5. The summed E-state index contributed by atoms with van der Waals surface area (Å²) in [6, 6.07) is 11.0. The molecule has 3 rings (SSSR count). The highest BCUT2D eigenvalue weighted by Gasteiger charge is 2.18. The van der Waals surface area contributed by atoms with Gasteiger partial charge in [0, 0.05) is 23.7 Å². The van der Waals surface area contributed by atoms with Crippen LogP contribution in [0.1, 0.15) is 24.5 Å². The summed E-state index contributed by atoms with van der Waals surface area (Å²) >= 11 is 5.99. The molecule has 2 aromatic carbocycles. The van der Waals surface area contributed by atoms with Gasteiger partial charge in [-0.2, -0.15) is 0 Å². The third-order valence-corrected chi connectivity index (χ3v) is 4.84. The predicted molar refractivity (Wildman–Crippen MR) is 108 cm³/mol. The van der Waals surface area contributed by atoms with Gasteiger partial charge in [-0.1, -0.05) is 23.7 Å². The van der Waals surface area contributed by atoms with Gasteiger partial charge in [0.2, 0.25) is 18.6 Å². The Bertz CT molecular complexity index is 885. The van der Waals surface area contributed by atoms with Gasteiger partial charge in [0.15, 0.2) is 11.5 Å². The molecule has 0 atom stereocenters. The van der Waals surface area contributed by atoms with Crippen molar-refractivity contribution in [2.75, 3.05) is 25.2 Å².